The van der Waals surface area contributed by atoms with E-state index in [-0.39, 0.29) is 6.04 Å². The van der Waals surface area contributed by atoms with Crippen LogP contribution in [-0.2, 0) is 4.79 Å². The molecule has 0 aromatic heterocycles. The van der Waals surface area contributed by atoms with Crippen molar-refractivity contribution in [2.75, 3.05) is 6.54 Å². The van der Waals surface area contributed by atoms with Gasteiger partial charge in [0.05, 0.1) is 6.04 Å². The van der Waals surface area contributed by atoms with Gasteiger partial charge in [0.25, 0.3) is 0 Å². The van der Waals surface area contributed by atoms with Crippen molar-refractivity contribution in [3.8, 4) is 0 Å². The quantitative estimate of drug-likeness (QED) is 0.518. The first-order chi connectivity index (χ1) is 5.20. The molecule has 2 heteroatoms. The highest BCUT2D eigenvalue weighted by molar-refractivity contribution is 5.87. The van der Waals surface area contributed by atoms with E-state index >= 15 is 0 Å². The van der Waals surface area contributed by atoms with Gasteiger partial charge in [-0.25, -0.2) is 0 Å². The van der Waals surface area contributed by atoms with Crippen molar-refractivity contribution < 1.29 is 4.79 Å². The van der Waals surface area contributed by atoms with Crippen LogP contribution in [0, 0.1) is 5.92 Å². The van der Waals surface area contributed by atoms with Crippen molar-refractivity contribution in [3.63, 3.8) is 0 Å². The Bertz CT molecular complexity index is 186. The Labute approximate surface area is 67.6 Å². The Balaban J connectivity index is 2.23. The average Bonchev–Trinajstić information content (AvgIpc) is 1.99. The Morgan fingerprint density at radius 3 is 2.64 bits per heavy atom. The van der Waals surface area contributed by atoms with E-state index in [1.165, 1.54) is 0 Å². The van der Waals surface area contributed by atoms with Crippen LogP contribution in [-0.4, -0.2) is 29.3 Å². The first-order valence-corrected chi connectivity index (χ1v) is 4.49. The molecule has 3 rings (SSSR count). The molecule has 0 aliphatic carbocycles. The lowest BCUT2D eigenvalue weighted by Gasteiger charge is -2.47. The zero-order chi connectivity index (χ0) is 8.01. The maximum Gasteiger partial charge on any atom is 0.152 e. The number of Topliss-reactive ketones (excluding diaryl/α,β-unsaturated/α-hetero) is 1. The van der Waals surface area contributed by atoms with E-state index in [2.05, 4.69) is 11.8 Å². The van der Waals surface area contributed by atoms with Gasteiger partial charge in [0, 0.05) is 12.0 Å². The summed E-state index contributed by atoms with van der Waals surface area (Å²) in [4.78, 5) is 13.8. The molecule has 0 amide bonds. The zero-order valence-corrected chi connectivity index (χ0v) is 7.21. The standard InChI is InChI=1S/C9H15NO/c1-6-5-8-3-4-10(6)7(2)9(8)11/h6-8H,3-5H2,1-2H3. The molecule has 3 aliphatic rings. The predicted molar refractivity (Wildman–Crippen MR) is 43.4 cm³/mol. The topological polar surface area (TPSA) is 20.3 Å². The first-order valence-electron chi connectivity index (χ1n) is 4.49. The number of piperidine rings is 3. The molecule has 62 valence electrons. The molecule has 2 bridgehead atoms. The lowest BCUT2D eigenvalue weighted by atomic mass is 9.79. The van der Waals surface area contributed by atoms with E-state index in [4.69, 9.17) is 0 Å². The highest BCUT2D eigenvalue weighted by Gasteiger charge is 2.41. The van der Waals surface area contributed by atoms with Crippen molar-refractivity contribution in [3.05, 3.63) is 0 Å². The van der Waals surface area contributed by atoms with Gasteiger partial charge in [-0.15, -0.1) is 0 Å². The van der Waals surface area contributed by atoms with Crippen LogP contribution in [0.5, 0.6) is 0 Å². The maximum atomic E-state index is 11.5. The molecule has 3 saturated heterocycles. The summed E-state index contributed by atoms with van der Waals surface area (Å²) in [5, 5.41) is 0. The van der Waals surface area contributed by atoms with Gasteiger partial charge < -0.3 is 0 Å². The Kier molecular flexibility index (Phi) is 1.53. The molecule has 0 radical (unpaired) electrons. The number of hydrogen-bond donors (Lipinski definition) is 0. The van der Waals surface area contributed by atoms with Gasteiger partial charge in [-0.1, -0.05) is 0 Å². The maximum absolute atomic E-state index is 11.5. The highest BCUT2D eigenvalue weighted by Crippen LogP contribution is 2.32. The van der Waals surface area contributed by atoms with Gasteiger partial charge in [0.2, 0.25) is 0 Å². The molecular weight excluding hydrogens is 138 g/mol. The van der Waals surface area contributed by atoms with Gasteiger partial charge >= 0.3 is 0 Å². The van der Waals surface area contributed by atoms with Crippen LogP contribution < -0.4 is 0 Å². The van der Waals surface area contributed by atoms with E-state index in [1.807, 2.05) is 6.92 Å². The number of carbonyl (C=O) groups is 1. The van der Waals surface area contributed by atoms with Crippen molar-refractivity contribution in [1.82, 2.24) is 4.90 Å². The summed E-state index contributed by atoms with van der Waals surface area (Å²) in [7, 11) is 0. The average molecular weight is 153 g/mol. The zero-order valence-electron chi connectivity index (χ0n) is 7.21. The molecule has 3 fully saturated rings. The molecule has 11 heavy (non-hydrogen) atoms. The molecule has 3 aliphatic heterocycles. The smallest absolute Gasteiger partial charge is 0.152 e. The molecule has 0 aromatic rings. The van der Waals surface area contributed by atoms with Crippen LogP contribution in [0.1, 0.15) is 26.7 Å². The predicted octanol–water partition coefficient (Wildman–Crippen LogP) is 1.06. The third-order valence-corrected chi connectivity index (χ3v) is 3.24. The van der Waals surface area contributed by atoms with E-state index in [0.29, 0.717) is 17.7 Å². The van der Waals surface area contributed by atoms with Crippen LogP contribution in [0.2, 0.25) is 0 Å². The summed E-state index contributed by atoms with van der Waals surface area (Å²) in [6, 6.07) is 0.846. The largest absolute Gasteiger partial charge is 0.298 e. The summed E-state index contributed by atoms with van der Waals surface area (Å²) >= 11 is 0. The Morgan fingerprint density at radius 1 is 1.45 bits per heavy atom. The minimum Gasteiger partial charge on any atom is -0.298 e. The molecule has 4 unspecified atom stereocenters. The second kappa shape index (κ2) is 2.31. The number of hydrogen-bond acceptors (Lipinski definition) is 2. The monoisotopic (exact) mass is 153 g/mol. The van der Waals surface area contributed by atoms with Gasteiger partial charge in [0.15, 0.2) is 5.78 Å². The molecule has 0 spiro atoms. The molecule has 4 atom stereocenters. The summed E-state index contributed by atoms with van der Waals surface area (Å²) in [5.41, 5.74) is 0. The van der Waals surface area contributed by atoms with Crippen molar-refractivity contribution in [1.29, 1.82) is 0 Å². The Morgan fingerprint density at radius 2 is 2.18 bits per heavy atom. The minimum atomic E-state index is 0.206. The number of ketones is 1. The summed E-state index contributed by atoms with van der Waals surface area (Å²) in [6.45, 7) is 5.41. The summed E-state index contributed by atoms with van der Waals surface area (Å²) < 4.78 is 0. The van der Waals surface area contributed by atoms with E-state index in [1.54, 1.807) is 0 Å². The molecule has 3 heterocycles. The first kappa shape index (κ1) is 7.29. The van der Waals surface area contributed by atoms with Crippen LogP contribution in [0.4, 0.5) is 0 Å². The van der Waals surface area contributed by atoms with Gasteiger partial charge in [-0.2, -0.15) is 0 Å². The fraction of sp³-hybridized carbons (Fsp3) is 0.889. The molecule has 0 aromatic carbocycles. The number of carbonyl (C=O) groups excluding carboxylic acids is 1. The van der Waals surface area contributed by atoms with Gasteiger partial charge in [0.1, 0.15) is 0 Å². The molecule has 0 saturated carbocycles. The third-order valence-electron chi connectivity index (χ3n) is 3.24. The molecule has 2 nitrogen and oxygen atoms in total. The highest BCUT2D eigenvalue weighted by atomic mass is 16.1. The van der Waals surface area contributed by atoms with Crippen molar-refractivity contribution in [2.24, 2.45) is 5.92 Å². The van der Waals surface area contributed by atoms with Crippen LogP contribution >= 0.6 is 0 Å². The second-order valence-electron chi connectivity index (χ2n) is 3.89. The normalized spacial score (nSPS) is 49.8. The SMILES string of the molecule is CC1CC2CCN1C(C)C2=O. The van der Waals surface area contributed by atoms with Crippen molar-refractivity contribution >= 4 is 5.78 Å². The molecule has 0 N–H and O–H groups in total. The minimum absolute atomic E-state index is 0.206. The van der Waals surface area contributed by atoms with Crippen LogP contribution in [0.15, 0.2) is 0 Å². The number of rotatable bonds is 0. The van der Waals surface area contributed by atoms with E-state index in [0.717, 1.165) is 19.4 Å². The third kappa shape index (κ3) is 0.924. The van der Waals surface area contributed by atoms with Gasteiger partial charge in [-0.05, 0) is 33.2 Å². The fourth-order valence-corrected chi connectivity index (χ4v) is 2.53. The van der Waals surface area contributed by atoms with E-state index < -0.39 is 0 Å². The van der Waals surface area contributed by atoms with Crippen LogP contribution in [0.3, 0.4) is 0 Å². The fourth-order valence-electron chi connectivity index (χ4n) is 2.53. The summed E-state index contributed by atoms with van der Waals surface area (Å²) in [6.07, 6.45) is 2.21. The van der Waals surface area contributed by atoms with Crippen molar-refractivity contribution in [2.45, 2.75) is 38.8 Å². The Hall–Kier alpha value is -0.370. The molecular formula is C9H15NO. The second-order valence-corrected chi connectivity index (χ2v) is 3.89. The number of nitrogens with zero attached hydrogens (tertiary/aromatic N) is 1. The lowest BCUT2D eigenvalue weighted by molar-refractivity contribution is -0.139. The summed E-state index contributed by atoms with van der Waals surface area (Å²) in [5.74, 6) is 0.874. The van der Waals surface area contributed by atoms with E-state index in [9.17, 15) is 4.79 Å². The lowest BCUT2D eigenvalue weighted by Crippen LogP contribution is -2.57. The van der Waals surface area contributed by atoms with Crippen LogP contribution in [0.25, 0.3) is 0 Å². The number of fused-ring (bicyclic) bond motifs is 3. The van der Waals surface area contributed by atoms with Gasteiger partial charge in [-0.3, -0.25) is 9.69 Å².